The van der Waals surface area contributed by atoms with Crippen LogP contribution in [0.3, 0.4) is 0 Å². The van der Waals surface area contributed by atoms with Crippen molar-refractivity contribution in [3.05, 3.63) is 44.9 Å². The van der Waals surface area contributed by atoms with Crippen LogP contribution in [0.1, 0.15) is 33.9 Å². The number of hydrogen-bond acceptors (Lipinski definition) is 5. The van der Waals surface area contributed by atoms with E-state index in [1.165, 1.54) is 5.38 Å². The molecule has 0 saturated carbocycles. The molecule has 2 rings (SSSR count). The molecule has 0 aliphatic rings. The Kier molecular flexibility index (Phi) is 4.59. The minimum Gasteiger partial charge on any atom is -0.543 e. The van der Waals surface area contributed by atoms with Gasteiger partial charge in [-0.15, -0.1) is 11.3 Å². The number of hydrogen-bond donors (Lipinski definition) is 1. The van der Waals surface area contributed by atoms with Gasteiger partial charge in [0.2, 0.25) is 5.91 Å². The molecule has 0 unspecified atom stereocenters. The number of aromatic nitrogens is 1. The molecule has 1 aromatic carbocycles. The van der Waals surface area contributed by atoms with E-state index in [1.807, 2.05) is 0 Å². The third-order valence-corrected chi connectivity index (χ3v) is 4.46. The Morgan fingerprint density at radius 1 is 1.43 bits per heavy atom. The number of halogens is 1. The van der Waals surface area contributed by atoms with Crippen molar-refractivity contribution in [1.82, 2.24) is 4.98 Å². The molecule has 2 aromatic rings. The van der Waals surface area contributed by atoms with Crippen molar-refractivity contribution in [3.63, 3.8) is 0 Å². The first-order valence-corrected chi connectivity index (χ1v) is 7.38. The van der Waals surface area contributed by atoms with E-state index in [0.717, 1.165) is 16.9 Å². The SMILES string of the molecule is Cc1c(Cl)cccc1NC(=O)[C@H](C)c1nc(C(=O)[O-])cs1. The van der Waals surface area contributed by atoms with Crippen LogP contribution >= 0.6 is 22.9 Å². The maximum atomic E-state index is 12.2. The number of carbonyl (C=O) groups is 2. The van der Waals surface area contributed by atoms with Crippen LogP contribution in [0.15, 0.2) is 23.6 Å². The summed E-state index contributed by atoms with van der Waals surface area (Å²) in [4.78, 5) is 26.8. The quantitative estimate of drug-likeness (QED) is 0.935. The number of aromatic carboxylic acids is 1. The summed E-state index contributed by atoms with van der Waals surface area (Å²) in [6, 6.07) is 5.23. The van der Waals surface area contributed by atoms with Crippen LogP contribution in [0.2, 0.25) is 5.02 Å². The van der Waals surface area contributed by atoms with Gasteiger partial charge in [-0.1, -0.05) is 17.7 Å². The van der Waals surface area contributed by atoms with Gasteiger partial charge >= 0.3 is 0 Å². The van der Waals surface area contributed by atoms with Crippen LogP contribution in [0.5, 0.6) is 0 Å². The Hall–Kier alpha value is -1.92. The first-order chi connectivity index (χ1) is 9.90. The lowest BCUT2D eigenvalue weighted by atomic mass is 10.1. The molecule has 1 aromatic heterocycles. The monoisotopic (exact) mass is 323 g/mol. The number of amides is 1. The fourth-order valence-corrected chi connectivity index (χ4v) is 2.69. The molecular weight excluding hydrogens is 312 g/mol. The van der Waals surface area contributed by atoms with Gasteiger partial charge in [-0.3, -0.25) is 4.79 Å². The molecule has 0 bridgehead atoms. The molecule has 0 aliphatic carbocycles. The standard InChI is InChI=1S/C14H13ClN2O3S/c1-7-9(15)4-3-5-10(7)16-12(18)8(2)13-17-11(6-21-13)14(19)20/h3-6,8H,1-2H3,(H,16,18)(H,19,20)/p-1/t8-/m0/s1. The van der Waals surface area contributed by atoms with Gasteiger partial charge in [-0.25, -0.2) is 4.98 Å². The Labute approximate surface area is 130 Å². The summed E-state index contributed by atoms with van der Waals surface area (Å²) in [7, 11) is 0. The molecule has 7 heteroatoms. The van der Waals surface area contributed by atoms with Crippen LogP contribution in [0.4, 0.5) is 5.69 Å². The van der Waals surface area contributed by atoms with Crippen molar-refractivity contribution >= 4 is 40.5 Å². The van der Waals surface area contributed by atoms with Crippen molar-refractivity contribution in [2.75, 3.05) is 5.32 Å². The summed E-state index contributed by atoms with van der Waals surface area (Å²) in [6.45, 7) is 3.47. The van der Waals surface area contributed by atoms with E-state index in [-0.39, 0.29) is 11.6 Å². The fourth-order valence-electron chi connectivity index (χ4n) is 1.68. The van der Waals surface area contributed by atoms with Crippen LogP contribution < -0.4 is 10.4 Å². The molecule has 0 spiro atoms. The molecule has 110 valence electrons. The number of carboxylic acid groups (broad SMARTS) is 1. The number of benzene rings is 1. The summed E-state index contributed by atoms with van der Waals surface area (Å²) >= 11 is 7.11. The molecule has 5 nitrogen and oxygen atoms in total. The molecule has 0 aliphatic heterocycles. The highest BCUT2D eigenvalue weighted by molar-refractivity contribution is 7.10. The van der Waals surface area contributed by atoms with E-state index in [9.17, 15) is 14.7 Å². The molecule has 1 amide bonds. The van der Waals surface area contributed by atoms with Gasteiger partial charge in [0.1, 0.15) is 5.01 Å². The topological polar surface area (TPSA) is 82.1 Å². The van der Waals surface area contributed by atoms with Crippen molar-refractivity contribution in [1.29, 1.82) is 0 Å². The number of rotatable bonds is 4. The fraction of sp³-hybridized carbons (Fsp3) is 0.214. The lowest BCUT2D eigenvalue weighted by Gasteiger charge is -2.12. The maximum absolute atomic E-state index is 12.2. The van der Waals surface area contributed by atoms with Crippen LogP contribution in [-0.4, -0.2) is 16.9 Å². The second-order valence-corrected chi connectivity index (χ2v) is 5.78. The molecule has 0 saturated heterocycles. The number of carboxylic acids is 1. The second kappa shape index (κ2) is 6.24. The summed E-state index contributed by atoms with van der Waals surface area (Å²) in [6.07, 6.45) is 0. The number of nitrogens with zero attached hydrogens (tertiary/aromatic N) is 1. The number of thiazole rings is 1. The van der Waals surface area contributed by atoms with Gasteiger partial charge in [0, 0.05) is 16.1 Å². The van der Waals surface area contributed by atoms with Gasteiger partial charge in [-0.05, 0) is 31.5 Å². The highest BCUT2D eigenvalue weighted by Gasteiger charge is 2.20. The molecular formula is C14H12ClN2O3S-. The first kappa shape index (κ1) is 15.5. The Morgan fingerprint density at radius 2 is 2.14 bits per heavy atom. The predicted octanol–water partition coefficient (Wildman–Crippen LogP) is 2.21. The zero-order valence-electron chi connectivity index (χ0n) is 11.3. The van der Waals surface area contributed by atoms with Gasteiger partial charge in [0.05, 0.1) is 17.6 Å². The Balaban J connectivity index is 2.15. The van der Waals surface area contributed by atoms with Crippen molar-refractivity contribution < 1.29 is 14.7 Å². The van der Waals surface area contributed by atoms with E-state index in [1.54, 1.807) is 32.0 Å². The zero-order valence-corrected chi connectivity index (χ0v) is 12.9. The normalized spacial score (nSPS) is 12.0. The van der Waals surface area contributed by atoms with Crippen molar-refractivity contribution in [3.8, 4) is 0 Å². The zero-order chi connectivity index (χ0) is 15.6. The molecule has 1 atom stereocenters. The Morgan fingerprint density at radius 3 is 2.76 bits per heavy atom. The van der Waals surface area contributed by atoms with E-state index in [4.69, 9.17) is 11.6 Å². The molecule has 21 heavy (non-hydrogen) atoms. The molecule has 0 fully saturated rings. The van der Waals surface area contributed by atoms with E-state index < -0.39 is 11.9 Å². The number of carbonyl (C=O) groups excluding carboxylic acids is 2. The second-order valence-electron chi connectivity index (χ2n) is 4.48. The first-order valence-electron chi connectivity index (χ1n) is 6.13. The largest absolute Gasteiger partial charge is 0.543 e. The van der Waals surface area contributed by atoms with Crippen LogP contribution in [-0.2, 0) is 4.79 Å². The van der Waals surface area contributed by atoms with Gasteiger partial charge in [0.25, 0.3) is 0 Å². The van der Waals surface area contributed by atoms with E-state index >= 15 is 0 Å². The van der Waals surface area contributed by atoms with Crippen molar-refractivity contribution in [2.24, 2.45) is 0 Å². The maximum Gasteiger partial charge on any atom is 0.234 e. The molecule has 1 N–H and O–H groups in total. The average molecular weight is 324 g/mol. The summed E-state index contributed by atoms with van der Waals surface area (Å²) in [5.41, 5.74) is 1.24. The highest BCUT2D eigenvalue weighted by Crippen LogP contribution is 2.26. The van der Waals surface area contributed by atoms with Gasteiger partial charge in [-0.2, -0.15) is 0 Å². The molecule has 1 heterocycles. The van der Waals surface area contributed by atoms with Crippen LogP contribution in [0.25, 0.3) is 0 Å². The summed E-state index contributed by atoms with van der Waals surface area (Å²) in [5, 5.41) is 15.8. The smallest absolute Gasteiger partial charge is 0.234 e. The minimum atomic E-state index is -1.35. The minimum absolute atomic E-state index is 0.159. The summed E-state index contributed by atoms with van der Waals surface area (Å²) in [5.74, 6) is -2.20. The summed E-state index contributed by atoms with van der Waals surface area (Å²) < 4.78 is 0. The molecule has 0 radical (unpaired) electrons. The predicted molar refractivity (Wildman–Crippen MR) is 79.7 cm³/mol. The van der Waals surface area contributed by atoms with Crippen molar-refractivity contribution in [2.45, 2.75) is 19.8 Å². The lowest BCUT2D eigenvalue weighted by Crippen LogP contribution is -2.23. The third kappa shape index (κ3) is 3.40. The van der Waals surface area contributed by atoms with Gasteiger partial charge < -0.3 is 15.2 Å². The number of anilines is 1. The lowest BCUT2D eigenvalue weighted by molar-refractivity contribution is -0.255. The Bertz CT molecular complexity index is 699. The van der Waals surface area contributed by atoms with Gasteiger partial charge in [0.15, 0.2) is 0 Å². The van der Waals surface area contributed by atoms with E-state index in [0.29, 0.717) is 15.7 Å². The number of nitrogens with one attached hydrogen (secondary N) is 1. The van der Waals surface area contributed by atoms with E-state index in [2.05, 4.69) is 10.3 Å². The van der Waals surface area contributed by atoms with Crippen LogP contribution in [0, 0.1) is 6.92 Å². The third-order valence-electron chi connectivity index (χ3n) is 3.02. The highest BCUT2D eigenvalue weighted by atomic mass is 35.5. The average Bonchev–Trinajstić information content (AvgIpc) is 2.93.